The predicted octanol–water partition coefficient (Wildman–Crippen LogP) is 4.23. The molecule has 0 saturated heterocycles. The number of ketones is 1. The standard InChI is InChI=1S/C29H34N4O3/c1-29(2,3)22(27(35)30-4)19-24(34)25-23-15-16-32(28(36)21-13-9-6-10-14-21)17-18-33(23)26(31-25)20-11-7-5-8-12-20/h5-14,22H,15-19H2,1-4H3,(H,30,35)/t22-/m1/s1. The molecule has 0 bridgehead atoms. The quantitative estimate of drug-likeness (QED) is 0.529. The van der Waals surface area contributed by atoms with Gasteiger partial charge in [0.15, 0.2) is 5.78 Å². The summed E-state index contributed by atoms with van der Waals surface area (Å²) in [6.07, 6.45) is 0.591. The third-order valence-corrected chi connectivity index (χ3v) is 6.89. The molecule has 2 aromatic carbocycles. The number of nitrogens with zero attached hydrogens (tertiary/aromatic N) is 3. The number of amides is 2. The fourth-order valence-corrected chi connectivity index (χ4v) is 4.80. The average Bonchev–Trinajstić information content (AvgIpc) is 3.11. The highest BCUT2D eigenvalue weighted by atomic mass is 16.2. The molecule has 1 N–H and O–H groups in total. The number of rotatable bonds is 6. The SMILES string of the molecule is CNC(=O)[C@@H](CC(=O)c1nc(-c2ccccc2)n2c1CCN(C(=O)c1ccccc1)CC2)C(C)(C)C. The molecule has 4 rings (SSSR count). The molecule has 7 nitrogen and oxygen atoms in total. The van der Waals surface area contributed by atoms with Gasteiger partial charge < -0.3 is 14.8 Å². The Bertz CT molecular complexity index is 1240. The van der Waals surface area contributed by atoms with Crippen molar-refractivity contribution in [2.45, 2.75) is 40.2 Å². The Labute approximate surface area is 212 Å². The fourth-order valence-electron chi connectivity index (χ4n) is 4.80. The topological polar surface area (TPSA) is 84.3 Å². The first kappa shape index (κ1) is 25.4. The number of benzene rings is 2. The van der Waals surface area contributed by atoms with Crippen molar-refractivity contribution < 1.29 is 14.4 Å². The minimum absolute atomic E-state index is 0.0177. The molecule has 36 heavy (non-hydrogen) atoms. The Morgan fingerprint density at radius 2 is 1.58 bits per heavy atom. The molecule has 0 radical (unpaired) electrons. The lowest BCUT2D eigenvalue weighted by atomic mass is 9.77. The van der Waals surface area contributed by atoms with Gasteiger partial charge in [-0.1, -0.05) is 69.3 Å². The van der Waals surface area contributed by atoms with Crippen molar-refractivity contribution in [3.8, 4) is 11.4 Å². The number of imidazole rings is 1. The first-order chi connectivity index (χ1) is 17.2. The van der Waals surface area contributed by atoms with Crippen LogP contribution in [-0.2, 0) is 17.8 Å². The average molecular weight is 487 g/mol. The van der Waals surface area contributed by atoms with Gasteiger partial charge in [0.2, 0.25) is 5.91 Å². The third-order valence-electron chi connectivity index (χ3n) is 6.89. The van der Waals surface area contributed by atoms with Crippen LogP contribution in [0.3, 0.4) is 0 Å². The Morgan fingerprint density at radius 1 is 0.944 bits per heavy atom. The van der Waals surface area contributed by atoms with Gasteiger partial charge in [-0.05, 0) is 17.5 Å². The van der Waals surface area contributed by atoms with E-state index in [-0.39, 0.29) is 29.4 Å². The van der Waals surface area contributed by atoms with E-state index in [9.17, 15) is 14.4 Å². The van der Waals surface area contributed by atoms with Crippen LogP contribution >= 0.6 is 0 Å². The molecular weight excluding hydrogens is 452 g/mol. The van der Waals surface area contributed by atoms with Crippen LogP contribution in [-0.4, -0.2) is 52.2 Å². The van der Waals surface area contributed by atoms with Crippen LogP contribution in [0.1, 0.15) is 53.7 Å². The molecule has 2 heterocycles. The molecule has 2 amide bonds. The fraction of sp³-hybridized carbons (Fsp3) is 0.379. The van der Waals surface area contributed by atoms with Crippen molar-refractivity contribution in [2.75, 3.05) is 20.1 Å². The zero-order chi connectivity index (χ0) is 25.9. The highest BCUT2D eigenvalue weighted by Gasteiger charge is 2.35. The number of aromatic nitrogens is 2. The summed E-state index contributed by atoms with van der Waals surface area (Å²) in [5.74, 6) is -0.0723. The van der Waals surface area contributed by atoms with Gasteiger partial charge in [0.25, 0.3) is 5.91 Å². The molecule has 0 spiro atoms. The molecular formula is C29H34N4O3. The van der Waals surface area contributed by atoms with Gasteiger partial charge in [0, 0.05) is 50.7 Å². The van der Waals surface area contributed by atoms with E-state index in [0.29, 0.717) is 37.3 Å². The maximum Gasteiger partial charge on any atom is 0.253 e. The summed E-state index contributed by atoms with van der Waals surface area (Å²) >= 11 is 0. The summed E-state index contributed by atoms with van der Waals surface area (Å²) in [6.45, 7) is 7.46. The van der Waals surface area contributed by atoms with Gasteiger partial charge in [-0.25, -0.2) is 4.98 Å². The van der Waals surface area contributed by atoms with E-state index in [1.807, 2.05) is 86.3 Å². The van der Waals surface area contributed by atoms with Gasteiger partial charge in [-0.2, -0.15) is 0 Å². The van der Waals surface area contributed by atoms with E-state index in [4.69, 9.17) is 4.98 Å². The maximum atomic E-state index is 13.7. The first-order valence-electron chi connectivity index (χ1n) is 12.4. The lowest BCUT2D eigenvalue weighted by Crippen LogP contribution is -2.37. The molecule has 0 unspecified atom stereocenters. The predicted molar refractivity (Wildman–Crippen MR) is 140 cm³/mol. The van der Waals surface area contributed by atoms with E-state index in [1.54, 1.807) is 7.05 Å². The van der Waals surface area contributed by atoms with Crippen molar-refractivity contribution in [1.29, 1.82) is 0 Å². The summed E-state index contributed by atoms with van der Waals surface area (Å²) < 4.78 is 2.08. The van der Waals surface area contributed by atoms with Crippen molar-refractivity contribution in [2.24, 2.45) is 11.3 Å². The van der Waals surface area contributed by atoms with Crippen LogP contribution in [0.15, 0.2) is 60.7 Å². The summed E-state index contributed by atoms with van der Waals surface area (Å²) in [6, 6.07) is 19.1. The van der Waals surface area contributed by atoms with Gasteiger partial charge in [0.1, 0.15) is 11.5 Å². The van der Waals surface area contributed by atoms with Crippen molar-refractivity contribution in [3.05, 3.63) is 77.6 Å². The summed E-state index contributed by atoms with van der Waals surface area (Å²) in [5, 5.41) is 2.70. The van der Waals surface area contributed by atoms with Crippen LogP contribution in [0, 0.1) is 11.3 Å². The molecule has 188 valence electrons. The number of nitrogens with one attached hydrogen (secondary N) is 1. The molecule has 3 aromatic rings. The summed E-state index contributed by atoms with van der Waals surface area (Å²) in [7, 11) is 1.60. The lowest BCUT2D eigenvalue weighted by Gasteiger charge is -2.28. The number of hydrogen-bond acceptors (Lipinski definition) is 4. The minimum Gasteiger partial charge on any atom is -0.359 e. The lowest BCUT2D eigenvalue weighted by molar-refractivity contribution is -0.127. The van der Waals surface area contributed by atoms with Crippen molar-refractivity contribution in [3.63, 3.8) is 0 Å². The zero-order valence-electron chi connectivity index (χ0n) is 21.5. The van der Waals surface area contributed by atoms with E-state index in [0.717, 1.165) is 17.1 Å². The van der Waals surface area contributed by atoms with Crippen LogP contribution in [0.4, 0.5) is 0 Å². The number of fused-ring (bicyclic) bond motifs is 1. The van der Waals surface area contributed by atoms with Crippen LogP contribution in [0.2, 0.25) is 0 Å². The molecule has 0 fully saturated rings. The monoisotopic (exact) mass is 486 g/mol. The molecule has 1 atom stereocenters. The molecule has 7 heteroatoms. The Morgan fingerprint density at radius 3 is 2.19 bits per heavy atom. The van der Waals surface area contributed by atoms with Crippen LogP contribution < -0.4 is 5.32 Å². The molecule has 1 aromatic heterocycles. The van der Waals surface area contributed by atoms with Gasteiger partial charge in [-0.3, -0.25) is 14.4 Å². The van der Waals surface area contributed by atoms with Crippen molar-refractivity contribution >= 4 is 17.6 Å². The second kappa shape index (κ2) is 10.5. The Kier molecular flexibility index (Phi) is 7.38. The van der Waals surface area contributed by atoms with E-state index >= 15 is 0 Å². The zero-order valence-corrected chi connectivity index (χ0v) is 21.5. The summed E-state index contributed by atoms with van der Waals surface area (Å²) in [5.41, 5.74) is 2.42. The summed E-state index contributed by atoms with van der Waals surface area (Å²) in [4.78, 5) is 46.1. The Hall–Kier alpha value is -3.74. The van der Waals surface area contributed by atoms with Crippen LogP contribution in [0.25, 0.3) is 11.4 Å². The smallest absolute Gasteiger partial charge is 0.253 e. The normalized spacial score (nSPS) is 14.5. The van der Waals surface area contributed by atoms with Gasteiger partial charge in [-0.15, -0.1) is 0 Å². The third kappa shape index (κ3) is 5.25. The second-order valence-electron chi connectivity index (χ2n) is 10.3. The second-order valence-corrected chi connectivity index (χ2v) is 10.3. The first-order valence-corrected chi connectivity index (χ1v) is 12.4. The number of hydrogen-bond donors (Lipinski definition) is 1. The number of carbonyl (C=O) groups is 3. The molecule has 0 aliphatic carbocycles. The van der Waals surface area contributed by atoms with Crippen molar-refractivity contribution in [1.82, 2.24) is 19.8 Å². The molecule has 1 aliphatic heterocycles. The number of Topliss-reactive ketones (excluding diaryl/α,β-unsaturated/α-hetero) is 1. The van der Waals surface area contributed by atoms with Crippen LogP contribution in [0.5, 0.6) is 0 Å². The molecule has 0 saturated carbocycles. The van der Waals surface area contributed by atoms with E-state index in [2.05, 4.69) is 9.88 Å². The maximum absolute atomic E-state index is 13.7. The highest BCUT2D eigenvalue weighted by Crippen LogP contribution is 2.32. The highest BCUT2D eigenvalue weighted by molar-refractivity contribution is 5.99. The molecule has 1 aliphatic rings. The minimum atomic E-state index is -0.477. The van der Waals surface area contributed by atoms with E-state index in [1.165, 1.54) is 0 Å². The van der Waals surface area contributed by atoms with E-state index < -0.39 is 5.92 Å². The number of carbonyl (C=O) groups excluding carboxylic acids is 3. The van der Waals surface area contributed by atoms with Gasteiger partial charge >= 0.3 is 0 Å². The largest absolute Gasteiger partial charge is 0.359 e. The Balaban J connectivity index is 1.69. The van der Waals surface area contributed by atoms with Gasteiger partial charge in [0.05, 0.1) is 11.6 Å².